The molecule has 0 aliphatic carbocycles. The van der Waals surface area contributed by atoms with E-state index in [9.17, 15) is 0 Å². The molecule has 2 heteroatoms. The van der Waals surface area contributed by atoms with Crippen molar-refractivity contribution < 1.29 is 4.42 Å². The van der Waals surface area contributed by atoms with Gasteiger partial charge in [-0.05, 0) is 12.5 Å². The minimum atomic E-state index is 0.590. The highest BCUT2D eigenvalue weighted by Gasteiger charge is 2.12. The van der Waals surface area contributed by atoms with Crippen LogP contribution in [0.15, 0.2) is 28.7 Å². The molecule has 2 rings (SSSR count). The van der Waals surface area contributed by atoms with Crippen LogP contribution in [0.2, 0.25) is 0 Å². The van der Waals surface area contributed by atoms with Gasteiger partial charge in [-0.3, -0.25) is 0 Å². The molecule has 0 aliphatic heterocycles. The van der Waals surface area contributed by atoms with Gasteiger partial charge in [0.05, 0.1) is 6.54 Å². The monoisotopic (exact) mass is 241 g/mol. The summed E-state index contributed by atoms with van der Waals surface area (Å²) in [7, 11) is 0. The van der Waals surface area contributed by atoms with E-state index in [4.69, 9.17) is 10.8 Å². The quantitative estimate of drug-likeness (QED) is 0.618. The van der Waals surface area contributed by atoms with Crippen molar-refractivity contribution in [3.8, 4) is 12.3 Å². The molecule has 0 bridgehead atoms. The molecule has 0 aliphatic rings. The van der Waals surface area contributed by atoms with Gasteiger partial charge in [-0.2, -0.15) is 0 Å². The van der Waals surface area contributed by atoms with Gasteiger partial charge in [-0.1, -0.05) is 37.5 Å². The van der Waals surface area contributed by atoms with Crippen molar-refractivity contribution in [1.82, 2.24) is 5.32 Å². The summed E-state index contributed by atoms with van der Waals surface area (Å²) in [4.78, 5) is 0. The van der Waals surface area contributed by atoms with Crippen LogP contribution in [-0.4, -0.2) is 6.54 Å². The van der Waals surface area contributed by atoms with Gasteiger partial charge in [0.25, 0.3) is 0 Å². The summed E-state index contributed by atoms with van der Waals surface area (Å²) in [5.74, 6) is 3.70. The SMILES string of the molecule is C#CCNCc1c(CCCC)oc2ccccc12. The molecule has 18 heavy (non-hydrogen) atoms. The van der Waals surface area contributed by atoms with Crippen molar-refractivity contribution in [3.05, 3.63) is 35.6 Å². The second-order valence-electron chi connectivity index (χ2n) is 4.41. The largest absolute Gasteiger partial charge is 0.461 e. The summed E-state index contributed by atoms with van der Waals surface area (Å²) in [6, 6.07) is 8.19. The number of unbranched alkanes of at least 4 members (excludes halogenated alkanes) is 1. The lowest BCUT2D eigenvalue weighted by atomic mass is 10.1. The van der Waals surface area contributed by atoms with E-state index < -0.39 is 0 Å². The van der Waals surface area contributed by atoms with E-state index in [-0.39, 0.29) is 0 Å². The molecule has 94 valence electrons. The minimum absolute atomic E-state index is 0.590. The highest BCUT2D eigenvalue weighted by Crippen LogP contribution is 2.26. The van der Waals surface area contributed by atoms with E-state index in [0.29, 0.717) is 6.54 Å². The number of furan rings is 1. The second-order valence-corrected chi connectivity index (χ2v) is 4.41. The Kier molecular flexibility index (Phi) is 4.44. The van der Waals surface area contributed by atoms with Crippen LogP contribution in [0.3, 0.4) is 0 Å². The molecule has 2 nitrogen and oxygen atoms in total. The molecular weight excluding hydrogens is 222 g/mol. The van der Waals surface area contributed by atoms with Gasteiger partial charge >= 0.3 is 0 Å². The second kappa shape index (κ2) is 6.28. The van der Waals surface area contributed by atoms with Gasteiger partial charge in [0.15, 0.2) is 0 Å². The number of nitrogens with one attached hydrogen (secondary N) is 1. The number of rotatable bonds is 6. The standard InChI is InChI=1S/C16H19NO/c1-3-5-9-16-14(12-17-11-4-2)13-8-6-7-10-15(13)18-16/h2,6-8,10,17H,3,5,9,11-12H2,1H3. The Labute approximate surface area is 108 Å². The first-order valence-electron chi connectivity index (χ1n) is 6.50. The van der Waals surface area contributed by atoms with Crippen molar-refractivity contribution in [3.63, 3.8) is 0 Å². The molecule has 1 N–H and O–H groups in total. The first kappa shape index (κ1) is 12.7. The first-order valence-corrected chi connectivity index (χ1v) is 6.50. The Bertz CT molecular complexity index is 548. The van der Waals surface area contributed by atoms with E-state index in [0.717, 1.165) is 30.7 Å². The molecule has 1 aromatic carbocycles. The molecule has 0 spiro atoms. The normalized spacial score (nSPS) is 10.7. The smallest absolute Gasteiger partial charge is 0.134 e. The zero-order chi connectivity index (χ0) is 12.8. The third-order valence-electron chi connectivity index (χ3n) is 3.07. The summed E-state index contributed by atoms with van der Waals surface area (Å²) in [6.45, 7) is 3.56. The van der Waals surface area contributed by atoms with E-state index in [2.05, 4.69) is 24.2 Å². The molecule has 1 heterocycles. The Morgan fingerprint density at radius 1 is 1.33 bits per heavy atom. The summed E-state index contributed by atoms with van der Waals surface area (Å²) in [5.41, 5.74) is 2.23. The highest BCUT2D eigenvalue weighted by molar-refractivity contribution is 5.82. The lowest BCUT2D eigenvalue weighted by molar-refractivity contribution is 0.526. The summed E-state index contributed by atoms with van der Waals surface area (Å²) >= 11 is 0. The zero-order valence-electron chi connectivity index (χ0n) is 10.8. The van der Waals surface area contributed by atoms with Crippen molar-refractivity contribution >= 4 is 11.0 Å². The molecule has 0 radical (unpaired) electrons. The van der Waals surface area contributed by atoms with Crippen LogP contribution in [0.1, 0.15) is 31.1 Å². The predicted molar refractivity (Wildman–Crippen MR) is 75.4 cm³/mol. The summed E-state index contributed by atoms with van der Waals surface area (Å²) < 4.78 is 5.94. The number of fused-ring (bicyclic) bond motifs is 1. The van der Waals surface area contributed by atoms with E-state index in [1.54, 1.807) is 0 Å². The van der Waals surface area contributed by atoms with Crippen molar-refractivity contribution in [2.45, 2.75) is 32.7 Å². The summed E-state index contributed by atoms with van der Waals surface area (Å²) in [6.07, 6.45) is 8.59. The molecule has 0 saturated heterocycles. The lowest BCUT2D eigenvalue weighted by Gasteiger charge is -2.03. The number of para-hydroxylation sites is 1. The van der Waals surface area contributed by atoms with Crippen LogP contribution in [0.4, 0.5) is 0 Å². The number of benzene rings is 1. The molecule has 0 unspecified atom stereocenters. The van der Waals surface area contributed by atoms with Gasteiger partial charge in [0.2, 0.25) is 0 Å². The molecule has 0 atom stereocenters. The van der Waals surface area contributed by atoms with Crippen molar-refractivity contribution in [2.24, 2.45) is 0 Å². The van der Waals surface area contributed by atoms with Crippen LogP contribution >= 0.6 is 0 Å². The van der Waals surface area contributed by atoms with Crippen LogP contribution in [0, 0.1) is 12.3 Å². The number of aryl methyl sites for hydroxylation is 1. The fourth-order valence-corrected chi connectivity index (χ4v) is 2.14. The topological polar surface area (TPSA) is 25.2 Å². The van der Waals surface area contributed by atoms with Crippen LogP contribution in [0.25, 0.3) is 11.0 Å². The zero-order valence-corrected chi connectivity index (χ0v) is 10.8. The Morgan fingerprint density at radius 2 is 2.17 bits per heavy atom. The molecule has 0 saturated carbocycles. The van der Waals surface area contributed by atoms with E-state index in [1.807, 2.05) is 18.2 Å². The maximum Gasteiger partial charge on any atom is 0.134 e. The van der Waals surface area contributed by atoms with Gasteiger partial charge in [-0.15, -0.1) is 6.42 Å². The van der Waals surface area contributed by atoms with Crippen molar-refractivity contribution in [2.75, 3.05) is 6.54 Å². The maximum absolute atomic E-state index is 5.94. The fourth-order valence-electron chi connectivity index (χ4n) is 2.14. The van der Waals surface area contributed by atoms with Gasteiger partial charge in [0, 0.05) is 23.9 Å². The highest BCUT2D eigenvalue weighted by atomic mass is 16.3. The third-order valence-corrected chi connectivity index (χ3v) is 3.07. The average Bonchev–Trinajstić information content (AvgIpc) is 2.75. The van der Waals surface area contributed by atoms with Crippen LogP contribution < -0.4 is 5.32 Å². The van der Waals surface area contributed by atoms with Gasteiger partial charge in [0.1, 0.15) is 11.3 Å². The lowest BCUT2D eigenvalue weighted by Crippen LogP contribution is -2.13. The number of terminal acetylenes is 1. The average molecular weight is 241 g/mol. The van der Waals surface area contributed by atoms with E-state index >= 15 is 0 Å². The van der Waals surface area contributed by atoms with Crippen molar-refractivity contribution in [1.29, 1.82) is 0 Å². The van der Waals surface area contributed by atoms with Crippen LogP contribution in [-0.2, 0) is 13.0 Å². The van der Waals surface area contributed by atoms with Gasteiger partial charge < -0.3 is 9.73 Å². The molecule has 0 fully saturated rings. The molecular formula is C16H19NO. The number of hydrogen-bond donors (Lipinski definition) is 1. The Balaban J connectivity index is 2.29. The van der Waals surface area contributed by atoms with Crippen LogP contribution in [0.5, 0.6) is 0 Å². The molecule has 1 aromatic heterocycles. The fraction of sp³-hybridized carbons (Fsp3) is 0.375. The molecule has 0 amide bonds. The minimum Gasteiger partial charge on any atom is -0.461 e. The first-order chi connectivity index (χ1) is 8.86. The number of hydrogen-bond acceptors (Lipinski definition) is 2. The molecule has 2 aromatic rings. The predicted octanol–water partition coefficient (Wildman–Crippen LogP) is 3.50. The van der Waals surface area contributed by atoms with E-state index in [1.165, 1.54) is 17.4 Å². The van der Waals surface area contributed by atoms with Gasteiger partial charge in [-0.25, -0.2) is 0 Å². The maximum atomic E-state index is 5.94. The summed E-state index contributed by atoms with van der Waals surface area (Å²) in [5, 5.41) is 4.45. The Hall–Kier alpha value is -1.72. The Morgan fingerprint density at radius 3 is 2.94 bits per heavy atom. The third kappa shape index (κ3) is 2.75.